The number of H-pyrrole nitrogens is 1. The zero-order valence-corrected chi connectivity index (χ0v) is 12.2. The summed E-state index contributed by atoms with van der Waals surface area (Å²) in [5, 5.41) is 9.87. The Labute approximate surface area is 119 Å². The van der Waals surface area contributed by atoms with Crippen LogP contribution in [0.25, 0.3) is 0 Å². The van der Waals surface area contributed by atoms with Gasteiger partial charge in [0.1, 0.15) is 12.3 Å². The molecule has 0 bridgehead atoms. The van der Waals surface area contributed by atoms with Crippen molar-refractivity contribution in [2.75, 3.05) is 6.61 Å². The Morgan fingerprint density at radius 3 is 2.86 bits per heavy atom. The molecule has 1 fully saturated rings. The molecule has 11 heteroatoms. The lowest BCUT2D eigenvalue weighted by molar-refractivity contribution is -0.0406. The van der Waals surface area contributed by atoms with Gasteiger partial charge in [-0.1, -0.05) is 0 Å². The van der Waals surface area contributed by atoms with E-state index in [1.807, 2.05) is 0 Å². The van der Waals surface area contributed by atoms with E-state index >= 15 is 0 Å². The lowest BCUT2D eigenvalue weighted by Gasteiger charge is -2.17. The number of nitrogens with one attached hydrogen (secondary N) is 1. The largest absolute Gasteiger partial charge is 0.390 e. The van der Waals surface area contributed by atoms with Gasteiger partial charge >= 0.3 is 13.4 Å². The quantitative estimate of drug-likeness (QED) is 0.489. The second-order valence-electron chi connectivity index (χ2n) is 4.85. The van der Waals surface area contributed by atoms with Crippen molar-refractivity contribution in [2.45, 2.75) is 31.8 Å². The monoisotopic (exact) mass is 320 g/mol. The van der Waals surface area contributed by atoms with Gasteiger partial charge in [-0.05, 0) is 6.92 Å². The minimum Gasteiger partial charge on any atom is -0.390 e. The van der Waals surface area contributed by atoms with Gasteiger partial charge in [-0.25, -0.2) is 15.8 Å². The van der Waals surface area contributed by atoms with E-state index in [4.69, 9.17) is 20.3 Å². The van der Waals surface area contributed by atoms with Crippen LogP contribution in [0.2, 0.25) is 0 Å². The predicted octanol–water partition coefficient (Wildman–Crippen LogP) is -1.46. The van der Waals surface area contributed by atoms with Gasteiger partial charge < -0.3 is 14.4 Å². The lowest BCUT2D eigenvalue weighted by atomic mass is 10.2. The van der Waals surface area contributed by atoms with Gasteiger partial charge in [0.2, 0.25) is 0 Å². The Bertz CT molecular complexity index is 679. The third-order valence-electron chi connectivity index (χ3n) is 3.10. The van der Waals surface area contributed by atoms with Crippen LogP contribution in [0.15, 0.2) is 15.8 Å². The van der Waals surface area contributed by atoms with E-state index in [0.29, 0.717) is 5.56 Å². The molecule has 6 N–H and O–H groups in total. The molecule has 0 spiro atoms. The van der Waals surface area contributed by atoms with Crippen LogP contribution in [-0.2, 0) is 13.8 Å². The maximum atomic E-state index is 11.7. The van der Waals surface area contributed by atoms with Gasteiger partial charge in [0.15, 0.2) is 0 Å². The van der Waals surface area contributed by atoms with Crippen molar-refractivity contribution >= 4 is 7.67 Å². The Balaban J connectivity index is 2.14. The van der Waals surface area contributed by atoms with E-state index in [0.717, 1.165) is 0 Å². The molecular formula is C10H17N4O6P. The summed E-state index contributed by atoms with van der Waals surface area (Å²) in [5.74, 6) is 0. The number of aliphatic hydroxyl groups excluding tert-OH is 1. The first-order chi connectivity index (χ1) is 9.67. The molecule has 21 heavy (non-hydrogen) atoms. The van der Waals surface area contributed by atoms with Crippen molar-refractivity contribution in [3.05, 3.63) is 32.6 Å². The van der Waals surface area contributed by atoms with Crippen LogP contribution >= 0.6 is 7.67 Å². The third kappa shape index (κ3) is 3.88. The second-order valence-corrected chi connectivity index (χ2v) is 6.40. The van der Waals surface area contributed by atoms with Crippen LogP contribution in [-0.4, -0.2) is 33.5 Å². The number of aromatic amines is 1. The minimum absolute atomic E-state index is 0.110. The molecule has 0 unspecified atom stereocenters. The molecule has 0 saturated carbocycles. The summed E-state index contributed by atoms with van der Waals surface area (Å²) in [6.07, 6.45) is -1.08. The van der Waals surface area contributed by atoms with E-state index in [1.54, 1.807) is 6.92 Å². The highest BCUT2D eigenvalue weighted by molar-refractivity contribution is 7.53. The number of nitrogens with zero attached hydrogens (tertiary/aromatic N) is 1. The van der Waals surface area contributed by atoms with Crippen molar-refractivity contribution < 1.29 is 18.9 Å². The average molecular weight is 320 g/mol. The SMILES string of the molecule is Cc1cn([C@H]2C[C@H](O)[C@@H](COP(N)(N)=O)O2)c(=O)[nH]c1=O. The summed E-state index contributed by atoms with van der Waals surface area (Å²) in [6, 6.07) is 0. The third-order valence-corrected chi connectivity index (χ3v) is 3.65. The number of hydrogen-bond acceptors (Lipinski definition) is 6. The number of aromatic nitrogens is 2. The zero-order chi connectivity index (χ0) is 15.8. The van der Waals surface area contributed by atoms with Crippen LogP contribution in [0.3, 0.4) is 0 Å². The molecule has 10 nitrogen and oxygen atoms in total. The van der Waals surface area contributed by atoms with E-state index in [9.17, 15) is 19.3 Å². The molecule has 1 aromatic rings. The van der Waals surface area contributed by atoms with Gasteiger partial charge in [-0.3, -0.25) is 18.9 Å². The number of aliphatic hydroxyl groups is 1. The summed E-state index contributed by atoms with van der Waals surface area (Å²) in [7, 11) is -3.67. The van der Waals surface area contributed by atoms with Crippen LogP contribution < -0.4 is 22.3 Å². The van der Waals surface area contributed by atoms with Crippen LogP contribution in [0.1, 0.15) is 18.2 Å². The molecule has 0 amide bonds. The first kappa shape index (κ1) is 16.1. The van der Waals surface area contributed by atoms with Gasteiger partial charge in [-0.15, -0.1) is 0 Å². The number of nitrogens with two attached hydrogens (primary N) is 2. The van der Waals surface area contributed by atoms with Gasteiger partial charge in [0.25, 0.3) is 5.56 Å². The van der Waals surface area contributed by atoms with E-state index < -0.39 is 37.4 Å². The van der Waals surface area contributed by atoms with E-state index in [1.165, 1.54) is 10.8 Å². The van der Waals surface area contributed by atoms with Crippen molar-refractivity contribution in [1.82, 2.24) is 9.55 Å². The normalized spacial score (nSPS) is 26.2. The van der Waals surface area contributed by atoms with E-state index in [2.05, 4.69) is 4.98 Å². The summed E-state index contributed by atoms with van der Waals surface area (Å²) < 4.78 is 22.4. The van der Waals surface area contributed by atoms with Crippen LogP contribution in [0.5, 0.6) is 0 Å². The van der Waals surface area contributed by atoms with Crippen molar-refractivity contribution in [1.29, 1.82) is 0 Å². The highest BCUT2D eigenvalue weighted by Gasteiger charge is 2.36. The summed E-state index contributed by atoms with van der Waals surface area (Å²) in [4.78, 5) is 25.2. The number of rotatable bonds is 4. The van der Waals surface area contributed by atoms with Crippen molar-refractivity contribution in [3.8, 4) is 0 Å². The Kier molecular flexibility index (Phi) is 4.47. The molecular weight excluding hydrogens is 303 g/mol. The number of aryl methyl sites for hydroxylation is 1. The molecule has 2 rings (SSSR count). The zero-order valence-electron chi connectivity index (χ0n) is 11.3. The highest BCUT2D eigenvalue weighted by atomic mass is 31.2. The average Bonchev–Trinajstić information content (AvgIpc) is 2.72. The second kappa shape index (κ2) is 5.84. The summed E-state index contributed by atoms with van der Waals surface area (Å²) >= 11 is 0. The van der Waals surface area contributed by atoms with Gasteiger partial charge in [0, 0.05) is 18.2 Å². The lowest BCUT2D eigenvalue weighted by Crippen LogP contribution is -2.33. The standard InChI is InChI=1S/C10H17N4O6P/c1-5-3-14(10(17)13-9(5)16)8-2-6(15)7(20-8)4-19-21(11,12)18/h3,6-8,15H,2,4H2,1H3,(H4,11,12,18)(H,13,16,17)/t6-,7+,8+/m0/s1. The first-order valence-electron chi connectivity index (χ1n) is 6.14. The maximum Gasteiger partial charge on any atom is 0.335 e. The molecule has 2 heterocycles. The molecule has 1 aliphatic heterocycles. The Morgan fingerprint density at radius 1 is 1.57 bits per heavy atom. The smallest absolute Gasteiger partial charge is 0.335 e. The molecule has 0 radical (unpaired) electrons. The summed E-state index contributed by atoms with van der Waals surface area (Å²) in [6.45, 7) is 1.28. The molecule has 1 aliphatic rings. The minimum atomic E-state index is -3.67. The summed E-state index contributed by atoms with van der Waals surface area (Å²) in [5.41, 5.74) is 9.29. The molecule has 0 aliphatic carbocycles. The predicted molar refractivity (Wildman–Crippen MR) is 72.5 cm³/mol. The Hall–Kier alpha value is -1.29. The van der Waals surface area contributed by atoms with Crippen LogP contribution in [0, 0.1) is 6.92 Å². The number of hydrogen-bond donors (Lipinski definition) is 4. The maximum absolute atomic E-state index is 11.7. The van der Waals surface area contributed by atoms with Crippen molar-refractivity contribution in [3.63, 3.8) is 0 Å². The topological polar surface area (TPSA) is 163 Å². The first-order valence-corrected chi connectivity index (χ1v) is 7.91. The molecule has 3 atom stereocenters. The van der Waals surface area contributed by atoms with Crippen LogP contribution in [0.4, 0.5) is 0 Å². The van der Waals surface area contributed by atoms with Gasteiger partial charge in [0.05, 0.1) is 12.7 Å². The fourth-order valence-corrected chi connectivity index (χ4v) is 2.41. The molecule has 118 valence electrons. The van der Waals surface area contributed by atoms with E-state index in [-0.39, 0.29) is 13.0 Å². The van der Waals surface area contributed by atoms with Crippen molar-refractivity contribution in [2.24, 2.45) is 11.0 Å². The molecule has 1 saturated heterocycles. The Morgan fingerprint density at radius 2 is 2.24 bits per heavy atom. The molecule has 1 aromatic heterocycles. The van der Waals surface area contributed by atoms with Gasteiger partial charge in [-0.2, -0.15) is 0 Å². The molecule has 0 aromatic carbocycles. The number of ether oxygens (including phenoxy) is 1. The highest BCUT2D eigenvalue weighted by Crippen LogP contribution is 2.32. The fourth-order valence-electron chi connectivity index (χ4n) is 2.03. The fraction of sp³-hybridized carbons (Fsp3) is 0.600.